The smallest absolute Gasteiger partial charge is 0.252 e. The molecule has 2 saturated heterocycles. The fraction of sp³-hybridized carbons (Fsp3) is 0.364. The van der Waals surface area contributed by atoms with E-state index in [0.29, 0.717) is 6.42 Å². The van der Waals surface area contributed by atoms with E-state index in [-0.39, 0.29) is 17.6 Å². The number of para-hydroxylation sites is 1. The Kier molecular flexibility index (Phi) is 4.00. The average molecular weight is 397 g/mol. The minimum absolute atomic E-state index is 0.117. The molecule has 2 aromatic rings. The summed E-state index contributed by atoms with van der Waals surface area (Å²) in [4.78, 5) is 30.7. The van der Waals surface area contributed by atoms with Crippen LogP contribution in [-0.4, -0.2) is 36.3 Å². The van der Waals surface area contributed by atoms with Crippen molar-refractivity contribution in [2.24, 2.45) is 5.92 Å². The van der Waals surface area contributed by atoms with Gasteiger partial charge in [0.2, 0.25) is 5.91 Å². The molecule has 0 aliphatic carbocycles. The molecule has 5 rings (SSSR count). The van der Waals surface area contributed by atoms with Crippen LogP contribution in [0.5, 0.6) is 0 Å². The first kappa shape index (κ1) is 18.2. The summed E-state index contributed by atoms with van der Waals surface area (Å²) in [6, 6.07) is 10.6. The van der Waals surface area contributed by atoms with Crippen LogP contribution in [0.1, 0.15) is 24.8 Å². The van der Waals surface area contributed by atoms with Gasteiger partial charge in [-0.15, -0.1) is 0 Å². The lowest BCUT2D eigenvalue weighted by atomic mass is 9.78. The second-order valence-corrected chi connectivity index (χ2v) is 8.04. The first-order valence-corrected chi connectivity index (χ1v) is 9.85. The molecule has 3 unspecified atom stereocenters. The molecule has 3 aliphatic rings. The number of rotatable bonds is 2. The minimum Gasteiger partial charge on any atom is -0.323 e. The summed E-state index contributed by atoms with van der Waals surface area (Å²) in [5.41, 5.74) is 0.307. The van der Waals surface area contributed by atoms with Crippen LogP contribution in [0.4, 0.5) is 20.2 Å². The van der Waals surface area contributed by atoms with E-state index in [2.05, 4.69) is 10.2 Å². The molecule has 0 aromatic heterocycles. The topological polar surface area (TPSA) is 52.7 Å². The Hall–Kier alpha value is -2.80. The van der Waals surface area contributed by atoms with Crippen molar-refractivity contribution in [3.05, 3.63) is 59.7 Å². The fourth-order valence-corrected chi connectivity index (χ4v) is 5.48. The van der Waals surface area contributed by atoms with E-state index >= 15 is 0 Å². The highest BCUT2D eigenvalue weighted by Crippen LogP contribution is 2.56. The summed E-state index contributed by atoms with van der Waals surface area (Å²) in [6.07, 6.45) is 2.40. The fourth-order valence-electron chi connectivity index (χ4n) is 5.48. The zero-order valence-corrected chi connectivity index (χ0v) is 16.0. The Morgan fingerprint density at radius 1 is 1.21 bits per heavy atom. The van der Waals surface area contributed by atoms with Gasteiger partial charge in [0, 0.05) is 30.4 Å². The number of carbonyl (C=O) groups excluding carboxylic acids is 2. The summed E-state index contributed by atoms with van der Waals surface area (Å²) < 4.78 is 27.7. The van der Waals surface area contributed by atoms with Crippen molar-refractivity contribution < 1.29 is 18.4 Å². The van der Waals surface area contributed by atoms with E-state index < -0.39 is 29.0 Å². The number of benzene rings is 2. The van der Waals surface area contributed by atoms with Crippen molar-refractivity contribution in [2.45, 2.75) is 30.8 Å². The molecule has 2 amide bonds. The maximum Gasteiger partial charge on any atom is 0.252 e. The number of hydrogen-bond donors (Lipinski definition) is 1. The molecule has 0 saturated carbocycles. The highest BCUT2D eigenvalue weighted by atomic mass is 19.1. The van der Waals surface area contributed by atoms with Crippen LogP contribution >= 0.6 is 0 Å². The lowest BCUT2D eigenvalue weighted by Gasteiger charge is -2.37. The first-order valence-electron chi connectivity index (χ1n) is 9.85. The molecule has 3 heterocycles. The minimum atomic E-state index is -1.10. The van der Waals surface area contributed by atoms with E-state index in [9.17, 15) is 18.4 Å². The normalized spacial score (nSPS) is 28.1. The molecule has 2 fully saturated rings. The number of fused-ring (bicyclic) bond motifs is 4. The molecular weight excluding hydrogens is 376 g/mol. The molecule has 0 radical (unpaired) electrons. The van der Waals surface area contributed by atoms with Crippen molar-refractivity contribution in [3.63, 3.8) is 0 Å². The molecule has 3 aliphatic heterocycles. The molecule has 1 spiro atoms. The summed E-state index contributed by atoms with van der Waals surface area (Å²) in [5.74, 6) is -2.62. The van der Waals surface area contributed by atoms with Crippen LogP contribution in [-0.2, 0) is 15.1 Å². The lowest BCUT2D eigenvalue weighted by molar-refractivity contribution is -0.136. The van der Waals surface area contributed by atoms with Crippen molar-refractivity contribution in [2.75, 3.05) is 23.8 Å². The predicted octanol–water partition coefficient (Wildman–Crippen LogP) is 3.26. The number of amides is 2. The number of carbonyl (C=O) groups is 2. The molecule has 7 heteroatoms. The van der Waals surface area contributed by atoms with E-state index in [1.54, 1.807) is 11.9 Å². The Morgan fingerprint density at radius 3 is 2.83 bits per heavy atom. The number of anilines is 2. The second kappa shape index (κ2) is 6.35. The van der Waals surface area contributed by atoms with Gasteiger partial charge in [-0.05, 0) is 44.0 Å². The Balaban J connectivity index is 1.60. The van der Waals surface area contributed by atoms with Crippen LogP contribution in [0.3, 0.4) is 0 Å². The SMILES string of the molecule is CN1C(=O)C2(c3ccccc31)C(C(=O)Nc1cc(F)ccc1F)CC1CCCN12. The number of nitrogens with one attached hydrogen (secondary N) is 1. The summed E-state index contributed by atoms with van der Waals surface area (Å²) >= 11 is 0. The number of hydrogen-bond acceptors (Lipinski definition) is 3. The van der Waals surface area contributed by atoms with Crippen LogP contribution in [0.2, 0.25) is 0 Å². The number of likely N-dealkylation sites (N-methyl/N-ethyl adjacent to an activating group) is 1. The molecule has 3 atom stereocenters. The van der Waals surface area contributed by atoms with E-state index in [4.69, 9.17) is 0 Å². The van der Waals surface area contributed by atoms with Gasteiger partial charge < -0.3 is 10.2 Å². The third kappa shape index (κ3) is 2.40. The van der Waals surface area contributed by atoms with Crippen molar-refractivity contribution in [1.82, 2.24) is 4.90 Å². The molecule has 150 valence electrons. The number of nitrogens with zero attached hydrogens (tertiary/aromatic N) is 2. The van der Waals surface area contributed by atoms with E-state index in [0.717, 1.165) is 48.8 Å². The maximum absolute atomic E-state index is 14.1. The van der Waals surface area contributed by atoms with Gasteiger partial charge in [0.05, 0.1) is 11.6 Å². The third-order valence-electron chi connectivity index (χ3n) is 6.65. The average Bonchev–Trinajstić information content (AvgIpc) is 3.35. The van der Waals surface area contributed by atoms with E-state index in [1.165, 1.54) is 0 Å². The Bertz CT molecular complexity index is 1030. The monoisotopic (exact) mass is 397 g/mol. The van der Waals surface area contributed by atoms with E-state index in [1.807, 2.05) is 24.3 Å². The largest absolute Gasteiger partial charge is 0.323 e. The zero-order chi connectivity index (χ0) is 20.3. The van der Waals surface area contributed by atoms with Gasteiger partial charge in [-0.25, -0.2) is 8.78 Å². The predicted molar refractivity (Wildman–Crippen MR) is 104 cm³/mol. The summed E-state index contributed by atoms with van der Waals surface area (Å²) in [6.45, 7) is 0.733. The van der Waals surface area contributed by atoms with Gasteiger partial charge in [-0.2, -0.15) is 0 Å². The third-order valence-corrected chi connectivity index (χ3v) is 6.65. The Labute approximate surface area is 167 Å². The van der Waals surface area contributed by atoms with Crippen LogP contribution < -0.4 is 10.2 Å². The van der Waals surface area contributed by atoms with Gasteiger partial charge in [0.15, 0.2) is 0 Å². The molecular formula is C22H21F2N3O2. The quantitative estimate of drug-likeness (QED) is 0.846. The van der Waals surface area contributed by atoms with Gasteiger partial charge in [-0.1, -0.05) is 18.2 Å². The first-order chi connectivity index (χ1) is 13.9. The van der Waals surface area contributed by atoms with Crippen molar-refractivity contribution >= 4 is 23.2 Å². The molecule has 1 N–H and O–H groups in total. The number of halogens is 2. The molecule has 29 heavy (non-hydrogen) atoms. The van der Waals surface area contributed by atoms with Crippen molar-refractivity contribution in [3.8, 4) is 0 Å². The Morgan fingerprint density at radius 2 is 2.00 bits per heavy atom. The van der Waals surface area contributed by atoms with Gasteiger partial charge in [-0.3, -0.25) is 14.5 Å². The standard InChI is InChI=1S/C22H21F2N3O2/c1-26-19-7-3-2-6-15(19)22(21(26)29)16(12-14-5-4-10-27(14)22)20(28)25-18-11-13(23)8-9-17(18)24/h2-3,6-9,11,14,16H,4-5,10,12H2,1H3,(H,25,28). The van der Waals surface area contributed by atoms with Gasteiger partial charge in [0.1, 0.15) is 17.2 Å². The van der Waals surface area contributed by atoms with Gasteiger partial charge >= 0.3 is 0 Å². The maximum atomic E-state index is 14.1. The van der Waals surface area contributed by atoms with Crippen molar-refractivity contribution in [1.29, 1.82) is 0 Å². The zero-order valence-electron chi connectivity index (χ0n) is 16.0. The molecule has 0 bridgehead atoms. The van der Waals surface area contributed by atoms with Crippen LogP contribution in [0.15, 0.2) is 42.5 Å². The molecule has 5 nitrogen and oxygen atoms in total. The van der Waals surface area contributed by atoms with Crippen LogP contribution in [0, 0.1) is 17.6 Å². The van der Waals surface area contributed by atoms with Crippen LogP contribution in [0.25, 0.3) is 0 Å². The summed E-state index contributed by atoms with van der Waals surface area (Å²) in [5, 5.41) is 2.55. The van der Waals surface area contributed by atoms with Gasteiger partial charge in [0.25, 0.3) is 5.91 Å². The lowest BCUT2D eigenvalue weighted by Crippen LogP contribution is -2.55. The highest BCUT2D eigenvalue weighted by molar-refractivity contribution is 6.11. The second-order valence-electron chi connectivity index (χ2n) is 8.04. The summed E-state index contributed by atoms with van der Waals surface area (Å²) in [7, 11) is 1.72. The molecule has 2 aromatic carbocycles. The highest BCUT2D eigenvalue weighted by Gasteiger charge is 2.66.